The van der Waals surface area contributed by atoms with Crippen molar-refractivity contribution in [2.75, 3.05) is 18.6 Å². The van der Waals surface area contributed by atoms with Crippen LogP contribution in [0.4, 0.5) is 5.82 Å². The van der Waals surface area contributed by atoms with Gasteiger partial charge in [0, 0.05) is 6.54 Å². The molecule has 1 aromatic heterocycles. The first kappa shape index (κ1) is 17.0. The summed E-state index contributed by atoms with van der Waals surface area (Å²) in [6.07, 6.45) is -2.63. The normalized spacial score (nSPS) is 28.1. The molecule has 3 heterocycles. The summed E-state index contributed by atoms with van der Waals surface area (Å²) in [6.45, 7) is 0.591. The van der Waals surface area contributed by atoms with Crippen LogP contribution in [-0.4, -0.2) is 67.2 Å². The van der Waals surface area contributed by atoms with Crippen molar-refractivity contribution in [1.29, 1.82) is 5.41 Å². The molecule has 9 nitrogen and oxygen atoms in total. The lowest BCUT2D eigenvalue weighted by molar-refractivity contribution is -0.0519. The molecule has 0 amide bonds. The van der Waals surface area contributed by atoms with Gasteiger partial charge in [-0.1, -0.05) is 30.3 Å². The molecule has 0 unspecified atom stereocenters. The third kappa shape index (κ3) is 2.74. The Kier molecular flexibility index (Phi) is 4.37. The van der Waals surface area contributed by atoms with Gasteiger partial charge in [-0.05, 0) is 5.56 Å². The van der Waals surface area contributed by atoms with Gasteiger partial charge in [-0.3, -0.25) is 9.98 Å². The molecule has 26 heavy (non-hydrogen) atoms. The van der Waals surface area contributed by atoms with Crippen molar-refractivity contribution < 1.29 is 20.1 Å². The molecule has 1 saturated heterocycles. The number of aliphatic hydroxyl groups excluding tert-OH is 3. The largest absolute Gasteiger partial charge is 0.394 e. The molecule has 0 aliphatic carbocycles. The number of imidazole rings is 1. The van der Waals surface area contributed by atoms with Gasteiger partial charge in [-0.2, -0.15) is 0 Å². The highest BCUT2D eigenvalue weighted by atomic mass is 16.6. The van der Waals surface area contributed by atoms with Crippen LogP contribution >= 0.6 is 0 Å². The van der Waals surface area contributed by atoms with Crippen molar-refractivity contribution in [3.63, 3.8) is 0 Å². The van der Waals surface area contributed by atoms with E-state index < -0.39 is 24.5 Å². The maximum Gasteiger partial charge on any atom is 0.165 e. The topological polar surface area (TPSA) is 127 Å². The Morgan fingerprint density at radius 3 is 2.69 bits per heavy atom. The van der Waals surface area contributed by atoms with Crippen LogP contribution in [-0.2, 0) is 11.3 Å². The predicted octanol–water partition coefficient (Wildman–Crippen LogP) is -0.295. The average Bonchev–Trinajstić information content (AvgIpc) is 3.20. The molecule has 9 heteroatoms. The molecule has 5 N–H and O–H groups in total. The number of anilines is 1. The van der Waals surface area contributed by atoms with E-state index in [-0.39, 0.29) is 12.4 Å². The van der Waals surface area contributed by atoms with Crippen LogP contribution < -0.4 is 5.32 Å². The molecule has 0 bridgehead atoms. The molecular formula is C17H21N5O4. The molecule has 2 aromatic rings. The van der Waals surface area contributed by atoms with E-state index >= 15 is 0 Å². The second kappa shape index (κ2) is 6.69. The SMILES string of the molecule is N=C1c2ncn([C@@H]3O[C@H](CO)[C@@H](O)[C@H]3O)c2NCN1Cc1ccccc1. The standard InChI is InChI=1S/C17H21N5O4/c18-15-12-16(20-8-21(15)6-10-4-2-1-3-5-10)22(9-19-12)17-14(25)13(24)11(7-23)26-17/h1-5,9,11,13-14,17-18,20,23-25H,6-8H2/t11-,13-,14-,17-/m1/s1. The smallest absolute Gasteiger partial charge is 0.165 e. The number of aromatic nitrogens is 2. The van der Waals surface area contributed by atoms with Crippen LogP contribution in [0.5, 0.6) is 0 Å². The number of hydrogen-bond donors (Lipinski definition) is 5. The number of nitrogens with one attached hydrogen (secondary N) is 2. The van der Waals surface area contributed by atoms with Gasteiger partial charge in [0.05, 0.1) is 19.6 Å². The molecule has 138 valence electrons. The Labute approximate surface area is 150 Å². The first-order valence-corrected chi connectivity index (χ1v) is 8.41. The highest BCUT2D eigenvalue weighted by molar-refractivity contribution is 6.00. The van der Waals surface area contributed by atoms with Gasteiger partial charge in [0.15, 0.2) is 12.1 Å². The summed E-state index contributed by atoms with van der Waals surface area (Å²) in [5.74, 6) is 0.822. The van der Waals surface area contributed by atoms with Crippen molar-refractivity contribution in [3.05, 3.63) is 47.9 Å². The van der Waals surface area contributed by atoms with E-state index in [1.54, 1.807) is 4.57 Å². The minimum absolute atomic E-state index is 0.271. The fraction of sp³-hybridized carbons (Fsp3) is 0.412. The number of aliphatic hydroxyl groups is 3. The fourth-order valence-electron chi connectivity index (χ4n) is 3.35. The third-order valence-corrected chi connectivity index (χ3v) is 4.78. The molecule has 4 atom stereocenters. The first-order valence-electron chi connectivity index (χ1n) is 8.41. The van der Waals surface area contributed by atoms with E-state index in [1.165, 1.54) is 6.33 Å². The lowest BCUT2D eigenvalue weighted by Crippen LogP contribution is -2.40. The number of amidine groups is 1. The van der Waals surface area contributed by atoms with Gasteiger partial charge in [0.1, 0.15) is 29.8 Å². The second-order valence-corrected chi connectivity index (χ2v) is 6.44. The molecule has 2 aliphatic rings. The Morgan fingerprint density at radius 2 is 2.00 bits per heavy atom. The van der Waals surface area contributed by atoms with Gasteiger partial charge in [-0.15, -0.1) is 0 Å². The summed E-state index contributed by atoms with van der Waals surface area (Å²) in [7, 11) is 0. The van der Waals surface area contributed by atoms with Gasteiger partial charge in [0.2, 0.25) is 0 Å². The zero-order valence-corrected chi connectivity index (χ0v) is 14.0. The number of hydrogen-bond acceptors (Lipinski definition) is 7. The lowest BCUT2D eigenvalue weighted by atomic mass is 10.1. The molecule has 4 rings (SSSR count). The number of benzene rings is 1. The summed E-state index contributed by atoms with van der Waals surface area (Å²) >= 11 is 0. The van der Waals surface area contributed by atoms with Crippen LogP contribution in [0.2, 0.25) is 0 Å². The number of rotatable bonds is 4. The maximum atomic E-state index is 10.2. The quantitative estimate of drug-likeness (QED) is 0.507. The minimum atomic E-state index is -1.19. The highest BCUT2D eigenvalue weighted by Crippen LogP contribution is 2.34. The predicted molar refractivity (Wildman–Crippen MR) is 92.5 cm³/mol. The van der Waals surface area contributed by atoms with E-state index in [0.29, 0.717) is 24.7 Å². The van der Waals surface area contributed by atoms with Crippen LogP contribution in [0.25, 0.3) is 0 Å². The maximum absolute atomic E-state index is 10.2. The Hall–Kier alpha value is -2.46. The third-order valence-electron chi connectivity index (χ3n) is 4.78. The zero-order valence-electron chi connectivity index (χ0n) is 14.0. The summed E-state index contributed by atoms with van der Waals surface area (Å²) in [6, 6.07) is 9.86. The second-order valence-electron chi connectivity index (χ2n) is 6.44. The van der Waals surface area contributed by atoms with Crippen LogP contribution in [0, 0.1) is 5.41 Å². The van der Waals surface area contributed by atoms with Crippen molar-refractivity contribution in [2.45, 2.75) is 31.1 Å². The molecule has 1 aromatic carbocycles. The molecular weight excluding hydrogens is 338 g/mol. The van der Waals surface area contributed by atoms with Crippen LogP contribution in [0.3, 0.4) is 0 Å². The summed E-state index contributed by atoms with van der Waals surface area (Å²) in [4.78, 5) is 6.14. The summed E-state index contributed by atoms with van der Waals surface area (Å²) < 4.78 is 7.11. The average molecular weight is 359 g/mol. The minimum Gasteiger partial charge on any atom is -0.394 e. The van der Waals surface area contributed by atoms with Gasteiger partial charge < -0.3 is 30.3 Å². The van der Waals surface area contributed by atoms with E-state index in [0.717, 1.165) is 5.56 Å². The van der Waals surface area contributed by atoms with E-state index in [9.17, 15) is 15.3 Å². The van der Waals surface area contributed by atoms with Crippen molar-refractivity contribution in [2.24, 2.45) is 0 Å². The Bertz CT molecular complexity index is 796. The van der Waals surface area contributed by atoms with E-state index in [1.807, 2.05) is 35.2 Å². The first-order chi connectivity index (χ1) is 12.6. The van der Waals surface area contributed by atoms with E-state index in [2.05, 4.69) is 10.3 Å². The van der Waals surface area contributed by atoms with Crippen LogP contribution in [0.15, 0.2) is 36.7 Å². The molecule has 1 fully saturated rings. The van der Waals surface area contributed by atoms with Gasteiger partial charge in [0.25, 0.3) is 0 Å². The molecule has 0 saturated carbocycles. The Morgan fingerprint density at radius 1 is 1.23 bits per heavy atom. The van der Waals surface area contributed by atoms with Crippen molar-refractivity contribution >= 4 is 11.7 Å². The highest BCUT2D eigenvalue weighted by Gasteiger charge is 2.44. The fourth-order valence-corrected chi connectivity index (χ4v) is 3.35. The number of nitrogens with zero attached hydrogens (tertiary/aromatic N) is 3. The van der Waals surface area contributed by atoms with Gasteiger partial charge >= 0.3 is 0 Å². The summed E-state index contributed by atoms with van der Waals surface area (Å²) in [5, 5.41) is 41.1. The summed E-state index contributed by atoms with van der Waals surface area (Å²) in [5.41, 5.74) is 1.54. The van der Waals surface area contributed by atoms with Crippen molar-refractivity contribution in [1.82, 2.24) is 14.5 Å². The van der Waals surface area contributed by atoms with Crippen molar-refractivity contribution in [3.8, 4) is 0 Å². The molecule has 2 aliphatic heterocycles. The monoisotopic (exact) mass is 359 g/mol. The molecule has 0 spiro atoms. The number of fused-ring (bicyclic) bond motifs is 1. The zero-order chi connectivity index (χ0) is 18.3. The number of ether oxygens (including phenoxy) is 1. The lowest BCUT2D eigenvalue weighted by Gasteiger charge is -2.31. The van der Waals surface area contributed by atoms with Gasteiger partial charge in [-0.25, -0.2) is 4.98 Å². The van der Waals surface area contributed by atoms with Crippen LogP contribution in [0.1, 0.15) is 17.5 Å². The Balaban J connectivity index is 1.56. The molecule has 0 radical (unpaired) electrons. The van der Waals surface area contributed by atoms with E-state index in [4.69, 9.17) is 10.1 Å².